The van der Waals surface area contributed by atoms with Crippen molar-refractivity contribution in [2.75, 3.05) is 26.8 Å². The number of nitrogens with zero attached hydrogens (tertiary/aromatic N) is 1. The summed E-state index contributed by atoms with van der Waals surface area (Å²) in [4.78, 5) is 2.25. The molecule has 1 aromatic rings. The Morgan fingerprint density at radius 1 is 1.47 bits per heavy atom. The van der Waals surface area contributed by atoms with Crippen LogP contribution in [0.15, 0.2) is 18.2 Å². The molecule has 1 heterocycles. The van der Waals surface area contributed by atoms with Gasteiger partial charge in [0.05, 0.1) is 13.7 Å². The van der Waals surface area contributed by atoms with E-state index >= 15 is 0 Å². The fourth-order valence-corrected chi connectivity index (χ4v) is 2.13. The van der Waals surface area contributed by atoms with Gasteiger partial charge in [-0.2, -0.15) is 0 Å². The summed E-state index contributed by atoms with van der Waals surface area (Å²) in [6.45, 7) is 2.89. The number of aliphatic hydroxyl groups excluding tert-OH is 1. The summed E-state index contributed by atoms with van der Waals surface area (Å²) in [6, 6.07) is 6.20. The molecule has 1 aliphatic rings. The van der Waals surface area contributed by atoms with E-state index in [-0.39, 0.29) is 6.61 Å². The fourth-order valence-electron chi connectivity index (χ4n) is 2.13. The molecule has 0 aliphatic carbocycles. The Morgan fingerprint density at radius 3 is 3.07 bits per heavy atom. The van der Waals surface area contributed by atoms with Crippen molar-refractivity contribution in [3.05, 3.63) is 29.3 Å². The molecule has 0 radical (unpaired) electrons. The molecule has 3 heteroatoms. The zero-order chi connectivity index (χ0) is 10.7. The van der Waals surface area contributed by atoms with E-state index in [1.807, 2.05) is 12.1 Å². The normalized spacial score (nSPS) is 16.1. The largest absolute Gasteiger partial charge is 0.496 e. The molecular formula is C12H17NO2. The number of aliphatic hydroxyl groups is 1. The lowest BCUT2D eigenvalue weighted by Crippen LogP contribution is -2.32. The predicted octanol–water partition coefficient (Wildman–Crippen LogP) is 1.05. The van der Waals surface area contributed by atoms with E-state index < -0.39 is 0 Å². The van der Waals surface area contributed by atoms with Crippen LogP contribution in [0.3, 0.4) is 0 Å². The van der Waals surface area contributed by atoms with E-state index in [1.165, 1.54) is 11.1 Å². The lowest BCUT2D eigenvalue weighted by Gasteiger charge is -2.29. The standard InChI is InChI=1S/C12H17NO2/c1-15-12-4-2-3-10-5-6-13(7-8-14)9-11(10)12/h2-4,14H,5-9H2,1H3. The minimum Gasteiger partial charge on any atom is -0.496 e. The molecule has 0 saturated heterocycles. The van der Waals surface area contributed by atoms with E-state index in [0.717, 1.165) is 31.8 Å². The monoisotopic (exact) mass is 207 g/mol. The van der Waals surface area contributed by atoms with Gasteiger partial charge in [0.2, 0.25) is 0 Å². The first-order valence-corrected chi connectivity index (χ1v) is 5.33. The van der Waals surface area contributed by atoms with Gasteiger partial charge in [0.15, 0.2) is 0 Å². The Labute approximate surface area is 90.3 Å². The van der Waals surface area contributed by atoms with Crippen molar-refractivity contribution in [3.63, 3.8) is 0 Å². The Morgan fingerprint density at radius 2 is 2.33 bits per heavy atom. The first kappa shape index (κ1) is 10.5. The lowest BCUT2D eigenvalue weighted by molar-refractivity contribution is 0.182. The quantitative estimate of drug-likeness (QED) is 0.804. The summed E-state index contributed by atoms with van der Waals surface area (Å²) in [7, 11) is 1.71. The Kier molecular flexibility index (Phi) is 3.23. The van der Waals surface area contributed by atoms with Crippen LogP contribution in [0.25, 0.3) is 0 Å². The van der Waals surface area contributed by atoms with Gasteiger partial charge in [-0.15, -0.1) is 0 Å². The average molecular weight is 207 g/mol. The summed E-state index contributed by atoms with van der Waals surface area (Å²) >= 11 is 0. The summed E-state index contributed by atoms with van der Waals surface area (Å²) in [5.74, 6) is 0.968. The highest BCUT2D eigenvalue weighted by Crippen LogP contribution is 2.27. The van der Waals surface area contributed by atoms with E-state index in [1.54, 1.807) is 7.11 Å². The topological polar surface area (TPSA) is 32.7 Å². The molecule has 0 spiro atoms. The zero-order valence-corrected chi connectivity index (χ0v) is 9.07. The minimum absolute atomic E-state index is 0.227. The Hall–Kier alpha value is -1.06. The second-order valence-corrected chi connectivity index (χ2v) is 3.85. The molecule has 0 saturated carbocycles. The highest BCUT2D eigenvalue weighted by molar-refractivity contribution is 5.41. The fraction of sp³-hybridized carbons (Fsp3) is 0.500. The van der Waals surface area contributed by atoms with Crippen LogP contribution in [0.2, 0.25) is 0 Å². The van der Waals surface area contributed by atoms with Crippen molar-refractivity contribution < 1.29 is 9.84 Å². The molecule has 0 aromatic heterocycles. The summed E-state index contributed by atoms with van der Waals surface area (Å²) in [5, 5.41) is 8.92. The number of hydrogen-bond acceptors (Lipinski definition) is 3. The first-order valence-electron chi connectivity index (χ1n) is 5.33. The van der Waals surface area contributed by atoms with Gasteiger partial charge in [-0.3, -0.25) is 4.90 Å². The SMILES string of the molecule is COc1cccc2c1CN(CCO)CC2. The average Bonchev–Trinajstić information content (AvgIpc) is 2.28. The van der Waals surface area contributed by atoms with Gasteiger partial charge >= 0.3 is 0 Å². The molecule has 3 nitrogen and oxygen atoms in total. The molecule has 0 bridgehead atoms. The number of methoxy groups -OCH3 is 1. The van der Waals surface area contributed by atoms with E-state index in [2.05, 4.69) is 11.0 Å². The summed E-state index contributed by atoms with van der Waals surface area (Å²) in [5.41, 5.74) is 2.66. The van der Waals surface area contributed by atoms with E-state index in [4.69, 9.17) is 9.84 Å². The van der Waals surface area contributed by atoms with Crippen LogP contribution in [0.4, 0.5) is 0 Å². The molecule has 1 N–H and O–H groups in total. The summed E-state index contributed by atoms with van der Waals surface area (Å²) < 4.78 is 5.35. The smallest absolute Gasteiger partial charge is 0.123 e. The molecule has 82 valence electrons. The van der Waals surface area contributed by atoms with E-state index in [0.29, 0.717) is 0 Å². The molecule has 0 amide bonds. The number of benzene rings is 1. The molecule has 2 rings (SSSR count). The molecular weight excluding hydrogens is 190 g/mol. The molecule has 15 heavy (non-hydrogen) atoms. The van der Waals surface area contributed by atoms with Gasteiger partial charge in [0.1, 0.15) is 5.75 Å². The van der Waals surface area contributed by atoms with Crippen LogP contribution in [0.5, 0.6) is 5.75 Å². The van der Waals surface area contributed by atoms with Crippen molar-refractivity contribution in [2.45, 2.75) is 13.0 Å². The molecule has 1 aliphatic heterocycles. The lowest BCUT2D eigenvalue weighted by atomic mass is 9.99. The highest BCUT2D eigenvalue weighted by atomic mass is 16.5. The maximum atomic E-state index is 8.92. The van der Waals surface area contributed by atoms with Crippen LogP contribution >= 0.6 is 0 Å². The highest BCUT2D eigenvalue weighted by Gasteiger charge is 2.18. The maximum Gasteiger partial charge on any atom is 0.123 e. The van der Waals surface area contributed by atoms with E-state index in [9.17, 15) is 0 Å². The van der Waals surface area contributed by atoms with Crippen molar-refractivity contribution >= 4 is 0 Å². The van der Waals surface area contributed by atoms with Crippen molar-refractivity contribution in [1.82, 2.24) is 4.90 Å². The van der Waals surface area contributed by atoms with Gasteiger partial charge in [-0.05, 0) is 18.1 Å². The third-order valence-corrected chi connectivity index (χ3v) is 2.95. The van der Waals surface area contributed by atoms with Crippen molar-refractivity contribution in [3.8, 4) is 5.75 Å². The van der Waals surface area contributed by atoms with Crippen LogP contribution in [-0.2, 0) is 13.0 Å². The van der Waals surface area contributed by atoms with Crippen LogP contribution in [0.1, 0.15) is 11.1 Å². The number of fused-ring (bicyclic) bond motifs is 1. The first-order chi connectivity index (χ1) is 7.35. The number of hydrogen-bond donors (Lipinski definition) is 1. The molecule has 0 atom stereocenters. The van der Waals surface area contributed by atoms with Crippen LogP contribution in [-0.4, -0.2) is 36.8 Å². The maximum absolute atomic E-state index is 8.92. The van der Waals surface area contributed by atoms with Crippen molar-refractivity contribution in [1.29, 1.82) is 0 Å². The minimum atomic E-state index is 0.227. The Balaban J connectivity index is 2.22. The van der Waals surface area contributed by atoms with Gasteiger partial charge in [-0.25, -0.2) is 0 Å². The number of ether oxygens (including phenoxy) is 1. The Bertz CT molecular complexity index is 324. The molecule has 1 aromatic carbocycles. The third kappa shape index (κ3) is 2.13. The van der Waals surface area contributed by atoms with Gasteiger partial charge < -0.3 is 9.84 Å². The third-order valence-electron chi connectivity index (χ3n) is 2.95. The second kappa shape index (κ2) is 4.64. The number of β-amino-alcohol motifs (C(OH)–C–C–N with tert-alkyl or cyclic N) is 1. The zero-order valence-electron chi connectivity index (χ0n) is 9.07. The molecule has 0 unspecified atom stereocenters. The van der Waals surface area contributed by atoms with Crippen LogP contribution in [0, 0.1) is 0 Å². The second-order valence-electron chi connectivity index (χ2n) is 3.85. The van der Waals surface area contributed by atoms with Gasteiger partial charge in [0, 0.05) is 25.2 Å². The van der Waals surface area contributed by atoms with Crippen molar-refractivity contribution in [2.24, 2.45) is 0 Å². The molecule has 0 fully saturated rings. The van der Waals surface area contributed by atoms with Crippen LogP contribution < -0.4 is 4.74 Å². The van der Waals surface area contributed by atoms with Gasteiger partial charge in [-0.1, -0.05) is 12.1 Å². The summed E-state index contributed by atoms with van der Waals surface area (Å²) in [6.07, 6.45) is 1.05. The number of rotatable bonds is 3. The van der Waals surface area contributed by atoms with Gasteiger partial charge in [0.25, 0.3) is 0 Å². The predicted molar refractivity (Wildman–Crippen MR) is 59.1 cm³/mol.